The van der Waals surface area contributed by atoms with Crippen LogP contribution in [0.5, 0.6) is 0 Å². The summed E-state index contributed by atoms with van der Waals surface area (Å²) in [5.74, 6) is -2.31. The summed E-state index contributed by atoms with van der Waals surface area (Å²) in [6.45, 7) is 1.79. The van der Waals surface area contributed by atoms with E-state index < -0.39 is 23.5 Å². The molecule has 1 aliphatic rings. The molecule has 4 rings (SSSR count). The molecule has 1 heterocycles. The molecule has 0 unspecified atom stereocenters. The smallest absolute Gasteiger partial charge is 0.300 e. The highest BCUT2D eigenvalue weighted by Crippen LogP contribution is 2.42. The van der Waals surface area contributed by atoms with Crippen LogP contribution < -0.4 is 4.90 Å². The first-order valence-electron chi connectivity index (χ1n) is 9.26. The summed E-state index contributed by atoms with van der Waals surface area (Å²) in [6, 6.07) is 18.1. The van der Waals surface area contributed by atoms with Gasteiger partial charge in [-0.25, -0.2) is 4.39 Å². The molecule has 1 saturated heterocycles. The van der Waals surface area contributed by atoms with Gasteiger partial charge >= 0.3 is 0 Å². The van der Waals surface area contributed by atoms with Crippen molar-refractivity contribution >= 4 is 34.7 Å². The van der Waals surface area contributed by atoms with Gasteiger partial charge < -0.3 is 5.11 Å². The van der Waals surface area contributed by atoms with Crippen LogP contribution in [0.15, 0.2) is 78.4 Å². The molecule has 30 heavy (non-hydrogen) atoms. The van der Waals surface area contributed by atoms with Crippen LogP contribution in [0, 0.1) is 12.7 Å². The van der Waals surface area contributed by atoms with Crippen LogP contribution in [-0.2, 0) is 9.59 Å². The summed E-state index contributed by atoms with van der Waals surface area (Å²) in [5, 5.41) is 11.5. The molecule has 0 bridgehead atoms. The van der Waals surface area contributed by atoms with Crippen molar-refractivity contribution in [3.05, 3.63) is 106 Å². The van der Waals surface area contributed by atoms with Crippen molar-refractivity contribution in [3.8, 4) is 0 Å². The molecule has 4 nitrogen and oxygen atoms in total. The minimum absolute atomic E-state index is 0.0505. The molecular weight excluding hydrogens is 405 g/mol. The van der Waals surface area contributed by atoms with Crippen molar-refractivity contribution < 1.29 is 19.1 Å². The van der Waals surface area contributed by atoms with E-state index in [1.165, 1.54) is 29.2 Å². The van der Waals surface area contributed by atoms with Gasteiger partial charge in [-0.3, -0.25) is 14.5 Å². The van der Waals surface area contributed by atoms with Gasteiger partial charge in [0.05, 0.1) is 11.6 Å². The average Bonchev–Trinajstić information content (AvgIpc) is 3.01. The van der Waals surface area contributed by atoms with Crippen LogP contribution in [0.2, 0.25) is 5.02 Å². The van der Waals surface area contributed by atoms with E-state index in [-0.39, 0.29) is 11.3 Å². The quantitative estimate of drug-likeness (QED) is 0.349. The normalized spacial score (nSPS) is 18.1. The van der Waals surface area contributed by atoms with E-state index in [2.05, 4.69) is 0 Å². The average molecular weight is 422 g/mol. The van der Waals surface area contributed by atoms with Gasteiger partial charge in [-0.15, -0.1) is 0 Å². The second-order valence-corrected chi connectivity index (χ2v) is 7.43. The number of nitrogens with zero attached hydrogens (tertiary/aromatic N) is 1. The molecule has 150 valence electrons. The van der Waals surface area contributed by atoms with E-state index in [0.29, 0.717) is 21.8 Å². The molecule has 6 heteroatoms. The Hall–Kier alpha value is -3.44. The van der Waals surface area contributed by atoms with Crippen molar-refractivity contribution in [2.24, 2.45) is 0 Å². The molecular formula is C24H17ClFNO3. The lowest BCUT2D eigenvalue weighted by molar-refractivity contribution is -0.132. The Balaban J connectivity index is 1.95. The second kappa shape index (κ2) is 7.76. The Kier molecular flexibility index (Phi) is 5.14. The monoisotopic (exact) mass is 421 g/mol. The zero-order valence-corrected chi connectivity index (χ0v) is 16.7. The third kappa shape index (κ3) is 3.37. The summed E-state index contributed by atoms with van der Waals surface area (Å²) in [6.07, 6.45) is 0. The third-order valence-corrected chi connectivity index (χ3v) is 5.52. The van der Waals surface area contributed by atoms with Crippen molar-refractivity contribution in [1.29, 1.82) is 0 Å². The summed E-state index contributed by atoms with van der Waals surface area (Å²) >= 11 is 6.12. The van der Waals surface area contributed by atoms with E-state index in [4.69, 9.17) is 11.6 Å². The predicted molar refractivity (Wildman–Crippen MR) is 114 cm³/mol. The highest BCUT2D eigenvalue weighted by atomic mass is 35.5. The van der Waals surface area contributed by atoms with Crippen LogP contribution >= 0.6 is 11.6 Å². The third-order valence-electron chi connectivity index (χ3n) is 5.10. The number of carbonyl (C=O) groups excluding carboxylic acids is 2. The van der Waals surface area contributed by atoms with Gasteiger partial charge in [0.1, 0.15) is 11.6 Å². The Morgan fingerprint density at radius 1 is 1.00 bits per heavy atom. The fourth-order valence-electron chi connectivity index (χ4n) is 3.59. The van der Waals surface area contributed by atoms with Crippen LogP contribution in [0.3, 0.4) is 0 Å². The Morgan fingerprint density at radius 3 is 2.30 bits per heavy atom. The number of rotatable bonds is 3. The molecule has 1 amide bonds. The van der Waals surface area contributed by atoms with Gasteiger partial charge in [-0.05, 0) is 48.4 Å². The minimum Gasteiger partial charge on any atom is -0.507 e. The number of benzene rings is 3. The molecule has 1 N–H and O–H groups in total. The lowest BCUT2D eigenvalue weighted by atomic mass is 9.95. The van der Waals surface area contributed by atoms with Gasteiger partial charge in [0.2, 0.25) is 0 Å². The number of hydrogen-bond donors (Lipinski definition) is 1. The highest BCUT2D eigenvalue weighted by Gasteiger charge is 2.47. The van der Waals surface area contributed by atoms with Gasteiger partial charge in [-0.2, -0.15) is 0 Å². The van der Waals surface area contributed by atoms with E-state index in [1.807, 2.05) is 0 Å². The van der Waals surface area contributed by atoms with E-state index in [0.717, 1.165) is 5.56 Å². The number of aliphatic hydroxyl groups is 1. The molecule has 1 fully saturated rings. The van der Waals surface area contributed by atoms with Crippen molar-refractivity contribution in [3.63, 3.8) is 0 Å². The number of amides is 1. The van der Waals surface area contributed by atoms with Crippen molar-refractivity contribution in [2.45, 2.75) is 13.0 Å². The zero-order valence-electron chi connectivity index (χ0n) is 16.0. The molecule has 0 spiro atoms. The van der Waals surface area contributed by atoms with Crippen LogP contribution in [-0.4, -0.2) is 16.8 Å². The SMILES string of the molecule is Cc1cc(N2C(=O)C(=O)C(=C(O)c3ccccc3)[C@H]2c2ccc(F)cc2)ccc1Cl. The summed E-state index contributed by atoms with van der Waals surface area (Å²) in [5.41, 5.74) is 2.05. The van der Waals surface area contributed by atoms with E-state index in [9.17, 15) is 19.1 Å². The van der Waals surface area contributed by atoms with Crippen LogP contribution in [0.4, 0.5) is 10.1 Å². The Morgan fingerprint density at radius 2 is 1.67 bits per heavy atom. The maximum absolute atomic E-state index is 13.5. The van der Waals surface area contributed by atoms with E-state index >= 15 is 0 Å². The molecule has 0 radical (unpaired) electrons. The number of anilines is 1. The Labute approximate surface area is 177 Å². The number of ketones is 1. The summed E-state index contributed by atoms with van der Waals surface area (Å²) in [7, 11) is 0. The number of carbonyl (C=O) groups is 2. The number of hydrogen-bond acceptors (Lipinski definition) is 3. The predicted octanol–water partition coefficient (Wildman–Crippen LogP) is 5.41. The van der Waals surface area contributed by atoms with Gasteiger partial charge in [0.15, 0.2) is 0 Å². The van der Waals surface area contributed by atoms with Gasteiger partial charge in [0, 0.05) is 16.3 Å². The topological polar surface area (TPSA) is 57.6 Å². The Bertz CT molecular complexity index is 1170. The van der Waals surface area contributed by atoms with Gasteiger partial charge in [0.25, 0.3) is 11.7 Å². The highest BCUT2D eigenvalue weighted by molar-refractivity contribution is 6.51. The molecule has 1 aliphatic heterocycles. The summed E-state index contributed by atoms with van der Waals surface area (Å²) < 4.78 is 13.5. The minimum atomic E-state index is -0.911. The number of halogens is 2. The molecule has 3 aromatic carbocycles. The van der Waals surface area contributed by atoms with Crippen molar-refractivity contribution in [1.82, 2.24) is 0 Å². The van der Waals surface area contributed by atoms with Gasteiger partial charge in [-0.1, -0.05) is 54.1 Å². The standard InChI is InChI=1S/C24H17ClFNO3/c1-14-13-18(11-12-19(14)25)27-21(15-7-9-17(26)10-8-15)20(23(29)24(27)30)22(28)16-5-3-2-4-6-16/h2-13,21,28H,1H3/t21-/m1/s1. The van der Waals surface area contributed by atoms with Crippen LogP contribution in [0.25, 0.3) is 5.76 Å². The first-order valence-corrected chi connectivity index (χ1v) is 9.64. The maximum atomic E-state index is 13.5. The number of Topliss-reactive ketones (excluding diaryl/α,β-unsaturated/α-hetero) is 1. The number of aryl methyl sites for hydroxylation is 1. The molecule has 3 aromatic rings. The molecule has 0 aromatic heterocycles. The maximum Gasteiger partial charge on any atom is 0.300 e. The largest absolute Gasteiger partial charge is 0.507 e. The number of aliphatic hydroxyl groups excluding tert-OH is 1. The second-order valence-electron chi connectivity index (χ2n) is 7.02. The fourth-order valence-corrected chi connectivity index (χ4v) is 3.71. The molecule has 0 aliphatic carbocycles. The first kappa shape index (κ1) is 19.9. The van der Waals surface area contributed by atoms with Crippen molar-refractivity contribution in [2.75, 3.05) is 4.90 Å². The lowest BCUT2D eigenvalue weighted by Gasteiger charge is -2.26. The molecule has 1 atom stereocenters. The van der Waals surface area contributed by atoms with E-state index in [1.54, 1.807) is 55.5 Å². The fraction of sp³-hybridized carbons (Fsp3) is 0.0833. The lowest BCUT2D eigenvalue weighted by Crippen LogP contribution is -2.29. The summed E-state index contributed by atoms with van der Waals surface area (Å²) in [4.78, 5) is 27.3. The van der Waals surface area contributed by atoms with Crippen LogP contribution in [0.1, 0.15) is 22.7 Å². The molecule has 0 saturated carbocycles. The first-order chi connectivity index (χ1) is 14.4. The zero-order chi connectivity index (χ0) is 21.4.